The molecule has 0 aliphatic heterocycles. The maximum absolute atomic E-state index is 12.3. The Morgan fingerprint density at radius 2 is 1.73 bits per heavy atom. The van der Waals surface area contributed by atoms with Crippen molar-refractivity contribution in [2.75, 3.05) is 14.1 Å². The van der Waals surface area contributed by atoms with Gasteiger partial charge in [0.05, 0.1) is 5.69 Å². The largest absolute Gasteiger partial charge is 0.304 e. The fourth-order valence-corrected chi connectivity index (χ4v) is 3.36. The predicted octanol–water partition coefficient (Wildman–Crippen LogP) is 4.79. The summed E-state index contributed by atoms with van der Waals surface area (Å²) in [5.41, 5.74) is 5.14. The third-order valence-corrected chi connectivity index (χ3v) is 4.70. The molecule has 1 aromatic heterocycles. The molecule has 0 radical (unpaired) electrons. The van der Waals surface area contributed by atoms with Crippen LogP contribution < -0.4 is 0 Å². The Labute approximate surface area is 155 Å². The number of aromatic nitrogens is 1. The van der Waals surface area contributed by atoms with Crippen molar-refractivity contribution in [2.45, 2.75) is 33.2 Å². The van der Waals surface area contributed by atoms with E-state index < -0.39 is 0 Å². The molecule has 0 unspecified atom stereocenters. The minimum Gasteiger partial charge on any atom is -0.304 e. The fourth-order valence-electron chi connectivity index (χ4n) is 3.36. The Balaban J connectivity index is 2.13. The normalized spacial score (nSPS) is 11.3. The van der Waals surface area contributed by atoms with Gasteiger partial charge in [0.15, 0.2) is 5.78 Å². The second-order valence-corrected chi connectivity index (χ2v) is 7.09. The van der Waals surface area contributed by atoms with Gasteiger partial charge < -0.3 is 4.90 Å². The number of carbonyl (C=O) groups excluding carboxylic acids is 1. The molecule has 3 nitrogen and oxygen atoms in total. The number of nitrogens with zero attached hydrogens (tertiary/aromatic N) is 2. The quantitative estimate of drug-likeness (QED) is 0.602. The summed E-state index contributed by atoms with van der Waals surface area (Å²) >= 11 is 0. The van der Waals surface area contributed by atoms with Crippen LogP contribution in [0.25, 0.3) is 10.8 Å². The summed E-state index contributed by atoms with van der Waals surface area (Å²) in [6.45, 7) is 4.62. The van der Waals surface area contributed by atoms with Gasteiger partial charge >= 0.3 is 0 Å². The van der Waals surface area contributed by atoms with Crippen LogP contribution in [0.2, 0.25) is 0 Å². The Morgan fingerprint density at radius 3 is 2.38 bits per heavy atom. The van der Waals surface area contributed by atoms with E-state index in [1.54, 1.807) is 0 Å². The molecule has 3 aromatic rings. The van der Waals surface area contributed by atoms with Crippen LogP contribution >= 0.6 is 0 Å². The molecule has 1 heterocycles. The molecule has 0 saturated heterocycles. The van der Waals surface area contributed by atoms with Crippen molar-refractivity contribution in [1.29, 1.82) is 0 Å². The van der Waals surface area contributed by atoms with Gasteiger partial charge in [0, 0.05) is 18.4 Å². The van der Waals surface area contributed by atoms with E-state index in [0.717, 1.165) is 35.0 Å². The van der Waals surface area contributed by atoms with Gasteiger partial charge in [0.25, 0.3) is 0 Å². The highest BCUT2D eigenvalue weighted by atomic mass is 16.1. The third kappa shape index (κ3) is 3.83. The Morgan fingerprint density at radius 1 is 1.00 bits per heavy atom. The first-order chi connectivity index (χ1) is 12.5. The van der Waals surface area contributed by atoms with Crippen molar-refractivity contribution in [3.8, 4) is 0 Å². The zero-order chi connectivity index (χ0) is 18.7. The molecule has 26 heavy (non-hydrogen) atoms. The summed E-state index contributed by atoms with van der Waals surface area (Å²) in [5, 5.41) is 2.28. The van der Waals surface area contributed by atoms with Crippen LogP contribution in [0.5, 0.6) is 0 Å². The minimum atomic E-state index is 0.109. The molecule has 134 valence electrons. The van der Waals surface area contributed by atoms with Gasteiger partial charge in [-0.3, -0.25) is 4.79 Å². The van der Waals surface area contributed by atoms with Gasteiger partial charge in [-0.15, -0.1) is 0 Å². The van der Waals surface area contributed by atoms with Gasteiger partial charge in [0.1, 0.15) is 5.69 Å². The van der Waals surface area contributed by atoms with Crippen LogP contribution in [-0.2, 0) is 13.0 Å². The number of Topliss-reactive ketones (excluding diaryl/α,β-unsaturated/α-hetero) is 1. The summed E-state index contributed by atoms with van der Waals surface area (Å²) in [7, 11) is 4.06. The molecule has 0 N–H and O–H groups in total. The minimum absolute atomic E-state index is 0.109. The number of fused-ring (bicyclic) bond motifs is 1. The molecule has 0 atom stereocenters. The summed E-state index contributed by atoms with van der Waals surface area (Å²) in [4.78, 5) is 19.2. The first-order valence-electron chi connectivity index (χ1n) is 9.13. The first-order valence-corrected chi connectivity index (χ1v) is 9.13. The highest BCUT2D eigenvalue weighted by Crippen LogP contribution is 2.27. The standard InChI is InChI=1S/C23H26N2O/c1-5-22(26)23-16(2)19-12-11-18(13-17-9-7-6-8-10-17)14-20(19)21(24-23)15-25(3)4/h6-12,14H,5,13,15H2,1-4H3. The van der Waals surface area contributed by atoms with Crippen LogP contribution in [-0.4, -0.2) is 29.8 Å². The monoisotopic (exact) mass is 346 g/mol. The van der Waals surface area contributed by atoms with Gasteiger partial charge in [-0.25, -0.2) is 4.98 Å². The maximum atomic E-state index is 12.3. The van der Waals surface area contributed by atoms with Crippen LogP contribution in [0, 0.1) is 6.92 Å². The predicted molar refractivity (Wildman–Crippen MR) is 108 cm³/mol. The zero-order valence-corrected chi connectivity index (χ0v) is 16.0. The number of carbonyl (C=O) groups is 1. The Kier molecular flexibility index (Phi) is 5.48. The van der Waals surface area contributed by atoms with Crippen molar-refractivity contribution < 1.29 is 4.79 Å². The van der Waals surface area contributed by atoms with Crippen LogP contribution in [0.1, 0.15) is 46.2 Å². The van der Waals surface area contributed by atoms with Gasteiger partial charge in [-0.2, -0.15) is 0 Å². The number of benzene rings is 2. The molecule has 0 saturated carbocycles. The first kappa shape index (κ1) is 18.3. The smallest absolute Gasteiger partial charge is 0.181 e. The van der Waals surface area contributed by atoms with E-state index in [-0.39, 0.29) is 5.78 Å². The molecule has 0 spiro atoms. The van der Waals surface area contributed by atoms with Crippen molar-refractivity contribution >= 4 is 16.6 Å². The average molecular weight is 346 g/mol. The van der Waals surface area contributed by atoms with E-state index in [4.69, 9.17) is 4.98 Å². The SMILES string of the molecule is CCC(=O)c1nc(CN(C)C)c2cc(Cc3ccccc3)ccc2c1C. The van der Waals surface area contributed by atoms with E-state index in [1.807, 2.05) is 34.0 Å². The summed E-state index contributed by atoms with van der Waals surface area (Å²) in [6, 6.07) is 17.0. The number of pyridine rings is 1. The topological polar surface area (TPSA) is 33.2 Å². The molecule has 0 aliphatic carbocycles. The molecular weight excluding hydrogens is 320 g/mol. The molecule has 0 amide bonds. The number of hydrogen-bond acceptors (Lipinski definition) is 3. The molecular formula is C23H26N2O. The molecule has 3 rings (SSSR count). The third-order valence-electron chi connectivity index (χ3n) is 4.70. The number of rotatable bonds is 6. The maximum Gasteiger partial charge on any atom is 0.181 e. The average Bonchev–Trinajstić information content (AvgIpc) is 2.64. The number of aryl methyl sites for hydroxylation is 1. The second kappa shape index (κ2) is 7.79. The lowest BCUT2D eigenvalue weighted by Crippen LogP contribution is -2.15. The van der Waals surface area contributed by atoms with E-state index in [9.17, 15) is 4.79 Å². The summed E-state index contributed by atoms with van der Waals surface area (Å²) < 4.78 is 0. The Hall–Kier alpha value is -2.52. The number of ketones is 1. The lowest BCUT2D eigenvalue weighted by Gasteiger charge is -2.16. The molecule has 2 aromatic carbocycles. The van der Waals surface area contributed by atoms with Crippen LogP contribution in [0.4, 0.5) is 0 Å². The van der Waals surface area contributed by atoms with Crippen molar-refractivity contribution in [3.05, 3.63) is 76.6 Å². The highest BCUT2D eigenvalue weighted by molar-refractivity contribution is 6.01. The van der Waals surface area contributed by atoms with Crippen LogP contribution in [0.15, 0.2) is 48.5 Å². The highest BCUT2D eigenvalue weighted by Gasteiger charge is 2.16. The molecule has 3 heteroatoms. The lowest BCUT2D eigenvalue weighted by atomic mass is 9.96. The van der Waals surface area contributed by atoms with E-state index >= 15 is 0 Å². The van der Waals surface area contributed by atoms with Gasteiger partial charge in [-0.05, 0) is 55.6 Å². The molecule has 0 aliphatic rings. The van der Waals surface area contributed by atoms with Crippen molar-refractivity contribution in [2.24, 2.45) is 0 Å². The van der Waals surface area contributed by atoms with Gasteiger partial charge in [0.2, 0.25) is 0 Å². The van der Waals surface area contributed by atoms with E-state index in [0.29, 0.717) is 12.1 Å². The zero-order valence-electron chi connectivity index (χ0n) is 16.0. The van der Waals surface area contributed by atoms with E-state index in [1.165, 1.54) is 11.1 Å². The summed E-state index contributed by atoms with van der Waals surface area (Å²) in [5.74, 6) is 0.109. The second-order valence-electron chi connectivity index (χ2n) is 7.09. The van der Waals surface area contributed by atoms with Crippen LogP contribution in [0.3, 0.4) is 0 Å². The van der Waals surface area contributed by atoms with Crippen molar-refractivity contribution in [3.63, 3.8) is 0 Å². The lowest BCUT2D eigenvalue weighted by molar-refractivity contribution is 0.0982. The molecule has 0 bridgehead atoms. The summed E-state index contributed by atoms with van der Waals surface area (Å²) in [6.07, 6.45) is 1.37. The Bertz CT molecular complexity index is 930. The fraction of sp³-hybridized carbons (Fsp3) is 0.304. The van der Waals surface area contributed by atoms with Gasteiger partial charge in [-0.1, -0.05) is 49.4 Å². The van der Waals surface area contributed by atoms with E-state index in [2.05, 4.69) is 47.4 Å². The number of hydrogen-bond donors (Lipinski definition) is 0. The molecule has 0 fully saturated rings. The van der Waals surface area contributed by atoms with Crippen molar-refractivity contribution in [1.82, 2.24) is 9.88 Å².